The number of rotatable bonds is 0. The minimum Gasteiger partial charge on any atom is -0.398 e. The van der Waals surface area contributed by atoms with Crippen molar-refractivity contribution in [1.29, 1.82) is 0 Å². The van der Waals surface area contributed by atoms with Gasteiger partial charge in [0.25, 0.3) is 0 Å². The Balaban J connectivity index is 2.52. The number of hydrogen-bond donors (Lipinski definition) is 1. The molecule has 0 fully saturated rings. The number of halogens is 3. The van der Waals surface area contributed by atoms with E-state index in [-0.39, 0.29) is 16.6 Å². The molecule has 0 spiro atoms. The number of nitrogen functional groups attached to an aromatic ring is 1. The molecule has 0 saturated carbocycles. The number of aromatic nitrogens is 1. The quantitative estimate of drug-likeness (QED) is 0.717. The molecule has 0 aliphatic heterocycles. The van der Waals surface area contributed by atoms with E-state index in [1.807, 2.05) is 0 Å². The van der Waals surface area contributed by atoms with Crippen molar-refractivity contribution in [1.82, 2.24) is 4.98 Å². The summed E-state index contributed by atoms with van der Waals surface area (Å²) < 4.78 is 40.3. The highest BCUT2D eigenvalue weighted by atomic mass is 19.2. The van der Waals surface area contributed by atoms with Gasteiger partial charge in [0.2, 0.25) is 0 Å². The van der Waals surface area contributed by atoms with Crippen molar-refractivity contribution < 1.29 is 13.2 Å². The fourth-order valence-electron chi connectivity index (χ4n) is 2.37. The third-order valence-corrected chi connectivity index (χ3v) is 3.18. The van der Waals surface area contributed by atoms with Crippen LogP contribution in [0.4, 0.5) is 18.9 Å². The molecule has 0 saturated heterocycles. The number of hydrogen-bond acceptors (Lipinski definition) is 2. The molecule has 2 nitrogen and oxygen atoms in total. The topological polar surface area (TPSA) is 38.9 Å². The summed E-state index contributed by atoms with van der Waals surface area (Å²) in [5.41, 5.74) is 7.16. The lowest BCUT2D eigenvalue weighted by molar-refractivity contribution is 0.505. The minimum atomic E-state index is -1.23. The van der Waals surface area contributed by atoms with E-state index >= 15 is 0 Å². The predicted octanol–water partition coefficient (Wildman–Crippen LogP) is 2.72. The van der Waals surface area contributed by atoms with Gasteiger partial charge in [-0.3, -0.25) is 0 Å². The Labute approximate surface area is 95.3 Å². The molecular formula is C12H9F3N2. The summed E-state index contributed by atoms with van der Waals surface area (Å²) in [5.74, 6) is -3.23. The standard InChI is InChI=1S/C12H9F3N2/c13-6-4-7(14)12-9(10(6)15)11(16)5-2-1-3-8(5)17-12/h4H,1-3H2,(H2,16,17). The molecule has 1 aromatic carbocycles. The van der Waals surface area contributed by atoms with Gasteiger partial charge in [0, 0.05) is 17.4 Å². The van der Waals surface area contributed by atoms with E-state index < -0.39 is 17.5 Å². The maximum Gasteiger partial charge on any atom is 0.170 e. The lowest BCUT2D eigenvalue weighted by Crippen LogP contribution is -2.03. The Kier molecular flexibility index (Phi) is 2.05. The molecule has 1 heterocycles. The van der Waals surface area contributed by atoms with E-state index in [1.165, 1.54) is 0 Å². The van der Waals surface area contributed by atoms with Crippen LogP contribution in [0.15, 0.2) is 6.07 Å². The van der Waals surface area contributed by atoms with Crippen LogP contribution in [-0.4, -0.2) is 4.98 Å². The Morgan fingerprint density at radius 2 is 1.88 bits per heavy atom. The molecule has 0 amide bonds. The van der Waals surface area contributed by atoms with Crippen molar-refractivity contribution in [3.8, 4) is 0 Å². The largest absolute Gasteiger partial charge is 0.398 e. The first-order valence-corrected chi connectivity index (χ1v) is 5.34. The van der Waals surface area contributed by atoms with Crippen molar-refractivity contribution in [2.75, 3.05) is 5.73 Å². The van der Waals surface area contributed by atoms with Crippen LogP contribution in [-0.2, 0) is 12.8 Å². The van der Waals surface area contributed by atoms with Crippen molar-refractivity contribution in [3.63, 3.8) is 0 Å². The normalized spacial score (nSPS) is 14.3. The molecule has 5 heteroatoms. The zero-order chi connectivity index (χ0) is 12.2. The highest BCUT2D eigenvalue weighted by molar-refractivity contribution is 5.93. The van der Waals surface area contributed by atoms with E-state index in [0.29, 0.717) is 24.6 Å². The summed E-state index contributed by atoms with van der Waals surface area (Å²) >= 11 is 0. The molecule has 2 aromatic rings. The molecule has 1 aliphatic carbocycles. The number of anilines is 1. The van der Waals surface area contributed by atoms with Gasteiger partial charge in [-0.25, -0.2) is 18.2 Å². The summed E-state index contributed by atoms with van der Waals surface area (Å²) in [6.07, 6.45) is 2.24. The van der Waals surface area contributed by atoms with Crippen LogP contribution < -0.4 is 5.73 Å². The predicted molar refractivity (Wildman–Crippen MR) is 58.1 cm³/mol. The fraction of sp³-hybridized carbons (Fsp3) is 0.250. The Morgan fingerprint density at radius 3 is 2.65 bits per heavy atom. The van der Waals surface area contributed by atoms with Crippen molar-refractivity contribution in [2.45, 2.75) is 19.3 Å². The van der Waals surface area contributed by atoms with Gasteiger partial charge in [0.15, 0.2) is 17.5 Å². The van der Waals surface area contributed by atoms with Crippen LogP contribution in [0, 0.1) is 17.5 Å². The third kappa shape index (κ3) is 1.31. The Hall–Kier alpha value is -1.78. The van der Waals surface area contributed by atoms with Crippen LogP contribution in [0.25, 0.3) is 10.9 Å². The van der Waals surface area contributed by atoms with Gasteiger partial charge >= 0.3 is 0 Å². The van der Waals surface area contributed by atoms with Crippen LogP contribution in [0.3, 0.4) is 0 Å². The Bertz CT molecular complexity index is 638. The third-order valence-electron chi connectivity index (χ3n) is 3.18. The molecule has 0 unspecified atom stereocenters. The van der Waals surface area contributed by atoms with Crippen LogP contribution in [0.5, 0.6) is 0 Å². The number of benzene rings is 1. The number of nitrogens with zero attached hydrogens (tertiary/aromatic N) is 1. The second kappa shape index (κ2) is 3.35. The van der Waals surface area contributed by atoms with Gasteiger partial charge in [0.1, 0.15) is 5.52 Å². The molecule has 88 valence electrons. The lowest BCUT2D eigenvalue weighted by atomic mass is 10.1. The summed E-state index contributed by atoms with van der Waals surface area (Å²) in [5, 5.41) is -0.233. The molecular weight excluding hydrogens is 229 g/mol. The van der Waals surface area contributed by atoms with E-state index in [1.54, 1.807) is 0 Å². The lowest BCUT2D eigenvalue weighted by Gasteiger charge is -2.10. The van der Waals surface area contributed by atoms with Gasteiger partial charge in [-0.05, 0) is 24.8 Å². The smallest absolute Gasteiger partial charge is 0.170 e. The summed E-state index contributed by atoms with van der Waals surface area (Å²) in [7, 11) is 0. The highest BCUT2D eigenvalue weighted by Gasteiger charge is 2.23. The molecule has 0 atom stereocenters. The zero-order valence-corrected chi connectivity index (χ0v) is 8.86. The van der Waals surface area contributed by atoms with Gasteiger partial charge in [-0.1, -0.05) is 0 Å². The first-order chi connectivity index (χ1) is 8.09. The highest BCUT2D eigenvalue weighted by Crippen LogP contribution is 2.34. The number of nitrogens with two attached hydrogens (primary N) is 1. The maximum atomic E-state index is 13.6. The second-order valence-electron chi connectivity index (χ2n) is 4.18. The molecule has 3 rings (SSSR count). The first kappa shape index (κ1) is 10.4. The second-order valence-corrected chi connectivity index (χ2v) is 4.18. The van der Waals surface area contributed by atoms with Crippen LogP contribution in [0.1, 0.15) is 17.7 Å². The molecule has 1 aromatic heterocycles. The molecule has 0 bridgehead atoms. The SMILES string of the molecule is Nc1c2c(nc3c(F)cc(F)c(F)c13)CCC2. The first-order valence-electron chi connectivity index (χ1n) is 5.34. The minimum absolute atomic E-state index is 0.124. The average molecular weight is 238 g/mol. The maximum absolute atomic E-state index is 13.6. The summed E-state index contributed by atoms with van der Waals surface area (Å²) in [6, 6.07) is 0.505. The molecule has 17 heavy (non-hydrogen) atoms. The monoisotopic (exact) mass is 238 g/mol. The van der Waals surface area contributed by atoms with Gasteiger partial charge in [-0.15, -0.1) is 0 Å². The van der Waals surface area contributed by atoms with Gasteiger partial charge in [0.05, 0.1) is 5.39 Å². The summed E-state index contributed by atoms with van der Waals surface area (Å²) in [4.78, 5) is 4.06. The van der Waals surface area contributed by atoms with Crippen LogP contribution in [0.2, 0.25) is 0 Å². The molecule has 2 N–H and O–H groups in total. The van der Waals surface area contributed by atoms with Crippen molar-refractivity contribution in [3.05, 3.63) is 34.8 Å². The summed E-state index contributed by atoms with van der Waals surface area (Å²) in [6.45, 7) is 0. The van der Waals surface area contributed by atoms with Gasteiger partial charge in [-0.2, -0.15) is 0 Å². The molecule has 0 radical (unpaired) electrons. The number of fused-ring (bicyclic) bond motifs is 2. The fourth-order valence-corrected chi connectivity index (χ4v) is 2.37. The van der Waals surface area contributed by atoms with E-state index in [4.69, 9.17) is 5.73 Å². The van der Waals surface area contributed by atoms with E-state index in [0.717, 1.165) is 12.0 Å². The number of aryl methyl sites for hydroxylation is 1. The van der Waals surface area contributed by atoms with Crippen LogP contribution >= 0.6 is 0 Å². The zero-order valence-electron chi connectivity index (χ0n) is 8.86. The van der Waals surface area contributed by atoms with Crippen molar-refractivity contribution in [2.24, 2.45) is 0 Å². The number of pyridine rings is 1. The average Bonchev–Trinajstić information content (AvgIpc) is 2.74. The van der Waals surface area contributed by atoms with E-state index in [2.05, 4.69) is 4.98 Å². The van der Waals surface area contributed by atoms with E-state index in [9.17, 15) is 13.2 Å². The van der Waals surface area contributed by atoms with Crippen molar-refractivity contribution >= 4 is 16.6 Å². The Morgan fingerprint density at radius 1 is 1.12 bits per heavy atom. The molecule has 1 aliphatic rings. The van der Waals surface area contributed by atoms with Gasteiger partial charge < -0.3 is 5.73 Å².